The van der Waals surface area contributed by atoms with Gasteiger partial charge in [0.25, 0.3) is 0 Å². The predicted molar refractivity (Wildman–Crippen MR) is 76.5 cm³/mol. The van der Waals surface area contributed by atoms with Gasteiger partial charge < -0.3 is 5.73 Å². The van der Waals surface area contributed by atoms with Crippen LogP contribution in [0.25, 0.3) is 0 Å². The van der Waals surface area contributed by atoms with E-state index in [0.717, 1.165) is 35.2 Å². The molecule has 0 aliphatic rings. The van der Waals surface area contributed by atoms with E-state index >= 15 is 0 Å². The van der Waals surface area contributed by atoms with Crippen molar-refractivity contribution in [2.75, 3.05) is 6.54 Å². The van der Waals surface area contributed by atoms with Crippen molar-refractivity contribution in [2.24, 2.45) is 11.7 Å². The van der Waals surface area contributed by atoms with Gasteiger partial charge in [0.2, 0.25) is 0 Å². The summed E-state index contributed by atoms with van der Waals surface area (Å²) in [5.74, 6) is 0.167. The summed E-state index contributed by atoms with van der Waals surface area (Å²) in [6, 6.07) is 0. The minimum atomic E-state index is -0.0396. The maximum Gasteiger partial charge on any atom is 0.143 e. The van der Waals surface area contributed by atoms with Gasteiger partial charge in [-0.3, -0.25) is 9.48 Å². The second-order valence-electron chi connectivity index (χ2n) is 4.36. The first kappa shape index (κ1) is 15.4. The van der Waals surface area contributed by atoms with Gasteiger partial charge in [0.05, 0.1) is 15.9 Å². The van der Waals surface area contributed by atoms with E-state index in [-0.39, 0.29) is 11.7 Å². The van der Waals surface area contributed by atoms with Crippen LogP contribution in [-0.2, 0) is 24.2 Å². The predicted octanol–water partition coefficient (Wildman–Crippen LogP) is 2.32. The second kappa shape index (κ2) is 7.04. The summed E-state index contributed by atoms with van der Waals surface area (Å²) in [4.78, 5) is 12.2. The molecule has 0 spiro atoms. The molecule has 1 aromatic heterocycles. The maximum absolute atomic E-state index is 12.2. The highest BCUT2D eigenvalue weighted by molar-refractivity contribution is 9.10. The molecule has 5 heteroatoms. The van der Waals surface area contributed by atoms with Gasteiger partial charge in [-0.1, -0.05) is 13.8 Å². The molecule has 102 valence electrons. The molecular weight excluding hydrogens is 294 g/mol. The Morgan fingerprint density at radius 1 is 1.44 bits per heavy atom. The van der Waals surface area contributed by atoms with E-state index in [1.165, 1.54) is 0 Å². The van der Waals surface area contributed by atoms with Crippen molar-refractivity contribution in [1.29, 1.82) is 0 Å². The zero-order chi connectivity index (χ0) is 13.7. The van der Waals surface area contributed by atoms with E-state index in [1.54, 1.807) is 0 Å². The summed E-state index contributed by atoms with van der Waals surface area (Å²) in [7, 11) is 0. The molecule has 0 saturated heterocycles. The van der Waals surface area contributed by atoms with Crippen LogP contribution in [0.2, 0.25) is 0 Å². The van der Waals surface area contributed by atoms with Crippen molar-refractivity contribution < 1.29 is 4.79 Å². The lowest BCUT2D eigenvalue weighted by molar-refractivity contribution is -0.122. The Kier molecular flexibility index (Phi) is 6.02. The van der Waals surface area contributed by atoms with Gasteiger partial charge in [-0.2, -0.15) is 5.10 Å². The average molecular weight is 316 g/mol. The maximum atomic E-state index is 12.2. The largest absolute Gasteiger partial charge is 0.330 e. The number of rotatable bonds is 7. The molecule has 1 rings (SSSR count). The number of nitrogens with zero attached hydrogens (tertiary/aromatic N) is 2. The quantitative estimate of drug-likeness (QED) is 0.840. The van der Waals surface area contributed by atoms with Gasteiger partial charge in [-0.05, 0) is 35.7 Å². The molecule has 2 N–H and O–H groups in total. The number of hydrogen-bond donors (Lipinski definition) is 1. The Hall–Kier alpha value is -0.680. The van der Waals surface area contributed by atoms with E-state index < -0.39 is 0 Å². The summed E-state index contributed by atoms with van der Waals surface area (Å²) < 4.78 is 2.89. The number of carbonyl (C=O) groups is 1. The van der Waals surface area contributed by atoms with Crippen molar-refractivity contribution in [3.8, 4) is 0 Å². The monoisotopic (exact) mass is 315 g/mol. The molecule has 0 fully saturated rings. The Bertz CT molecular complexity index is 411. The van der Waals surface area contributed by atoms with Gasteiger partial charge in [0.1, 0.15) is 5.78 Å². The minimum absolute atomic E-state index is 0.0396. The molecule has 1 unspecified atom stereocenters. The molecule has 0 saturated carbocycles. The third-order valence-corrected chi connectivity index (χ3v) is 4.18. The number of ketones is 1. The summed E-state index contributed by atoms with van der Waals surface area (Å²) in [6.07, 6.45) is 2.08. The Morgan fingerprint density at radius 3 is 2.56 bits per heavy atom. The number of halogens is 1. The molecule has 1 aromatic rings. The van der Waals surface area contributed by atoms with Gasteiger partial charge >= 0.3 is 0 Å². The molecule has 1 atom stereocenters. The molecule has 0 amide bonds. The number of hydrogen-bond acceptors (Lipinski definition) is 3. The van der Waals surface area contributed by atoms with E-state index in [0.29, 0.717) is 13.0 Å². The third kappa shape index (κ3) is 3.20. The van der Waals surface area contributed by atoms with Crippen LogP contribution >= 0.6 is 15.9 Å². The fourth-order valence-corrected chi connectivity index (χ4v) is 2.73. The zero-order valence-corrected chi connectivity index (χ0v) is 13.0. The lowest BCUT2D eigenvalue weighted by atomic mass is 9.97. The van der Waals surface area contributed by atoms with Crippen molar-refractivity contribution in [2.45, 2.75) is 46.6 Å². The molecule has 1 heterocycles. The first-order valence-corrected chi connectivity index (χ1v) is 7.34. The molecule has 4 nitrogen and oxygen atoms in total. The normalized spacial score (nSPS) is 12.7. The van der Waals surface area contributed by atoms with E-state index in [2.05, 4.69) is 28.0 Å². The molecule has 0 aliphatic heterocycles. The molecule has 0 bridgehead atoms. The second-order valence-corrected chi connectivity index (χ2v) is 5.15. The van der Waals surface area contributed by atoms with Crippen molar-refractivity contribution in [3.63, 3.8) is 0 Å². The van der Waals surface area contributed by atoms with E-state index in [1.807, 2.05) is 18.5 Å². The molecule has 0 aliphatic carbocycles. The number of aromatic nitrogens is 2. The smallest absolute Gasteiger partial charge is 0.143 e. The number of carbonyl (C=O) groups excluding carboxylic acids is 1. The molecule has 0 radical (unpaired) electrons. The Balaban J connectivity index is 2.96. The van der Waals surface area contributed by atoms with Crippen LogP contribution in [0.4, 0.5) is 0 Å². The first-order chi connectivity index (χ1) is 8.58. The van der Waals surface area contributed by atoms with Gasteiger partial charge in [0.15, 0.2) is 0 Å². The van der Waals surface area contributed by atoms with Gasteiger partial charge in [-0.15, -0.1) is 0 Å². The topological polar surface area (TPSA) is 60.9 Å². The van der Waals surface area contributed by atoms with Crippen LogP contribution in [-0.4, -0.2) is 22.1 Å². The lowest BCUT2D eigenvalue weighted by Gasteiger charge is -2.11. The van der Waals surface area contributed by atoms with Crippen LogP contribution in [0.15, 0.2) is 4.47 Å². The minimum Gasteiger partial charge on any atom is -0.330 e. The van der Waals surface area contributed by atoms with Gasteiger partial charge in [0, 0.05) is 25.4 Å². The van der Waals surface area contributed by atoms with E-state index in [9.17, 15) is 4.79 Å². The SMILES string of the molecule is CCc1nn(CC)c(CC(=O)C(CC)CN)c1Br. The van der Waals surface area contributed by atoms with E-state index in [4.69, 9.17) is 5.73 Å². The fourth-order valence-electron chi connectivity index (χ4n) is 2.02. The lowest BCUT2D eigenvalue weighted by Crippen LogP contribution is -2.25. The highest BCUT2D eigenvalue weighted by Crippen LogP contribution is 2.24. The van der Waals surface area contributed by atoms with Gasteiger partial charge in [-0.25, -0.2) is 0 Å². The summed E-state index contributed by atoms with van der Waals surface area (Å²) in [6.45, 7) is 7.30. The van der Waals surface area contributed by atoms with Crippen molar-refractivity contribution in [1.82, 2.24) is 9.78 Å². The fraction of sp³-hybridized carbons (Fsp3) is 0.692. The Labute approximate surface area is 117 Å². The number of Topliss-reactive ketones (excluding diaryl/α,β-unsaturated/α-hetero) is 1. The summed E-state index contributed by atoms with van der Waals surface area (Å²) in [5, 5.41) is 4.50. The first-order valence-electron chi connectivity index (χ1n) is 6.55. The highest BCUT2D eigenvalue weighted by atomic mass is 79.9. The van der Waals surface area contributed by atoms with Crippen LogP contribution in [0, 0.1) is 5.92 Å². The molecule has 0 aromatic carbocycles. The Morgan fingerprint density at radius 2 is 2.11 bits per heavy atom. The van der Waals surface area contributed by atoms with Crippen LogP contribution < -0.4 is 5.73 Å². The van der Waals surface area contributed by atoms with Crippen LogP contribution in [0.3, 0.4) is 0 Å². The zero-order valence-electron chi connectivity index (χ0n) is 11.4. The van der Waals surface area contributed by atoms with Crippen molar-refractivity contribution in [3.05, 3.63) is 15.9 Å². The summed E-state index contributed by atoms with van der Waals surface area (Å²) in [5.41, 5.74) is 7.62. The standard InChI is InChI=1S/C13H22BrN3O/c1-4-9(8-15)12(18)7-11-13(14)10(5-2)16-17(11)6-3/h9H,4-8,15H2,1-3H3. The third-order valence-electron chi connectivity index (χ3n) is 3.27. The average Bonchev–Trinajstić information content (AvgIpc) is 2.68. The van der Waals surface area contributed by atoms with Crippen molar-refractivity contribution >= 4 is 21.7 Å². The molecule has 18 heavy (non-hydrogen) atoms. The molecular formula is C13H22BrN3O. The van der Waals surface area contributed by atoms with Crippen LogP contribution in [0.1, 0.15) is 38.6 Å². The summed E-state index contributed by atoms with van der Waals surface area (Å²) >= 11 is 3.56. The number of aryl methyl sites for hydroxylation is 2. The number of nitrogens with two attached hydrogens (primary N) is 1. The highest BCUT2D eigenvalue weighted by Gasteiger charge is 2.20. The van der Waals surface area contributed by atoms with Crippen LogP contribution in [0.5, 0.6) is 0 Å².